The summed E-state index contributed by atoms with van der Waals surface area (Å²) in [4.78, 5) is 46.8. The van der Waals surface area contributed by atoms with Gasteiger partial charge in [-0.2, -0.15) is 0 Å². The zero-order valence-corrected chi connectivity index (χ0v) is 31.9. The van der Waals surface area contributed by atoms with Gasteiger partial charge in [-0.25, -0.2) is 9.18 Å². The molecule has 2 aliphatic rings. The third kappa shape index (κ3) is 10.2. The maximum atomic E-state index is 15.8. The van der Waals surface area contributed by atoms with Crippen LogP contribution in [0.15, 0.2) is 30.3 Å². The van der Waals surface area contributed by atoms with Gasteiger partial charge in [-0.1, -0.05) is 6.92 Å². The number of carbonyl (C=O) groups is 3. The van der Waals surface area contributed by atoms with E-state index in [2.05, 4.69) is 0 Å². The highest BCUT2D eigenvalue weighted by Gasteiger charge is 2.35. The first-order valence-corrected chi connectivity index (χ1v) is 18.6. The van der Waals surface area contributed by atoms with Gasteiger partial charge in [0, 0.05) is 87.3 Å². The predicted octanol–water partition coefficient (Wildman–Crippen LogP) is 7.36. The summed E-state index contributed by atoms with van der Waals surface area (Å²) in [7, 11) is 1.62. The molecule has 0 bridgehead atoms. The minimum absolute atomic E-state index is 0.0608. The Balaban J connectivity index is 1.73. The third-order valence-corrected chi connectivity index (χ3v) is 9.54. The van der Waals surface area contributed by atoms with Gasteiger partial charge >= 0.3 is 6.09 Å². The minimum Gasteiger partial charge on any atom is -0.493 e. The molecule has 1 atom stereocenters. The zero-order valence-electron chi connectivity index (χ0n) is 31.9. The number of ether oxygens (including phenoxy) is 4. The number of piperidine rings is 1. The summed E-state index contributed by atoms with van der Waals surface area (Å²) in [5.41, 5.74) is 1.68. The Morgan fingerprint density at radius 1 is 0.980 bits per heavy atom. The summed E-state index contributed by atoms with van der Waals surface area (Å²) in [5, 5.41) is 0. The van der Waals surface area contributed by atoms with E-state index in [1.807, 2.05) is 64.3 Å². The van der Waals surface area contributed by atoms with Crippen molar-refractivity contribution in [2.45, 2.75) is 111 Å². The van der Waals surface area contributed by atoms with E-state index in [9.17, 15) is 14.4 Å². The van der Waals surface area contributed by atoms with Crippen molar-refractivity contribution in [2.75, 3.05) is 53.2 Å². The molecule has 0 radical (unpaired) electrons. The molecule has 0 aliphatic carbocycles. The molecule has 2 saturated heterocycles. The molecule has 2 fully saturated rings. The van der Waals surface area contributed by atoms with Crippen molar-refractivity contribution in [1.82, 2.24) is 14.7 Å². The van der Waals surface area contributed by atoms with Crippen LogP contribution in [-0.4, -0.2) is 110 Å². The number of rotatable bonds is 13. The molecule has 2 aliphatic heterocycles. The van der Waals surface area contributed by atoms with Gasteiger partial charge in [0.1, 0.15) is 17.2 Å². The molecule has 2 aromatic rings. The molecule has 0 unspecified atom stereocenters. The van der Waals surface area contributed by atoms with E-state index in [1.165, 1.54) is 12.1 Å². The van der Waals surface area contributed by atoms with Gasteiger partial charge in [0.05, 0.1) is 12.6 Å². The lowest BCUT2D eigenvalue weighted by molar-refractivity contribution is 0.00749. The van der Waals surface area contributed by atoms with Crippen LogP contribution in [-0.2, 0) is 20.6 Å². The van der Waals surface area contributed by atoms with Gasteiger partial charge in [0.25, 0.3) is 11.8 Å². The average Bonchev–Trinajstić information content (AvgIpc) is 3.10. The van der Waals surface area contributed by atoms with E-state index in [-0.39, 0.29) is 48.2 Å². The quantitative estimate of drug-likeness (QED) is 0.200. The molecule has 4 rings (SSSR count). The molecule has 51 heavy (non-hydrogen) atoms. The lowest BCUT2D eigenvalue weighted by atomic mass is 9.93. The number of aryl methyl sites for hydroxylation is 1. The highest BCUT2D eigenvalue weighted by molar-refractivity contribution is 5.99. The van der Waals surface area contributed by atoms with Crippen molar-refractivity contribution in [2.24, 2.45) is 0 Å². The van der Waals surface area contributed by atoms with Crippen molar-refractivity contribution < 1.29 is 37.7 Å². The second kappa shape index (κ2) is 18.2. The van der Waals surface area contributed by atoms with Gasteiger partial charge in [0.15, 0.2) is 0 Å². The van der Waals surface area contributed by atoms with Crippen molar-refractivity contribution in [3.63, 3.8) is 0 Å². The summed E-state index contributed by atoms with van der Waals surface area (Å²) in [6, 6.07) is 7.71. The molecular weight excluding hydrogens is 653 g/mol. The van der Waals surface area contributed by atoms with Gasteiger partial charge in [-0.3, -0.25) is 9.59 Å². The number of benzene rings is 2. The van der Waals surface area contributed by atoms with Crippen molar-refractivity contribution in [1.29, 1.82) is 0 Å². The summed E-state index contributed by atoms with van der Waals surface area (Å²) in [6.45, 7) is 16.8. The van der Waals surface area contributed by atoms with Gasteiger partial charge in [0.2, 0.25) is 0 Å². The van der Waals surface area contributed by atoms with E-state index in [0.717, 1.165) is 31.2 Å². The van der Waals surface area contributed by atoms with Crippen LogP contribution in [0.1, 0.15) is 107 Å². The molecule has 282 valence electrons. The highest BCUT2D eigenvalue weighted by atomic mass is 19.1. The van der Waals surface area contributed by atoms with Gasteiger partial charge in [-0.15, -0.1) is 0 Å². The maximum absolute atomic E-state index is 15.8. The molecule has 2 aromatic carbocycles. The Morgan fingerprint density at radius 3 is 2.33 bits per heavy atom. The summed E-state index contributed by atoms with van der Waals surface area (Å²) < 4.78 is 38.5. The second-order valence-corrected chi connectivity index (χ2v) is 14.7. The van der Waals surface area contributed by atoms with Crippen LogP contribution in [0, 0.1) is 5.82 Å². The Hall–Kier alpha value is -3.70. The van der Waals surface area contributed by atoms with Crippen LogP contribution in [0.3, 0.4) is 0 Å². The molecule has 10 nitrogen and oxygen atoms in total. The number of nitrogens with zero attached hydrogens (tertiary/aromatic N) is 3. The Bertz CT molecular complexity index is 1500. The first-order chi connectivity index (χ1) is 24.3. The van der Waals surface area contributed by atoms with Gasteiger partial charge in [-0.05, 0) is 110 Å². The molecule has 0 spiro atoms. The zero-order chi connectivity index (χ0) is 37.3. The number of hydrogen-bond donors (Lipinski definition) is 0. The average molecular weight is 712 g/mol. The van der Waals surface area contributed by atoms with E-state index >= 15 is 4.39 Å². The van der Waals surface area contributed by atoms with Crippen LogP contribution in [0.2, 0.25) is 0 Å². The fourth-order valence-electron chi connectivity index (χ4n) is 7.06. The first-order valence-electron chi connectivity index (χ1n) is 18.6. The second-order valence-electron chi connectivity index (χ2n) is 14.7. The lowest BCUT2D eigenvalue weighted by Gasteiger charge is -2.42. The maximum Gasteiger partial charge on any atom is 0.410 e. The van der Waals surface area contributed by atoms with E-state index < -0.39 is 11.4 Å². The minimum atomic E-state index is -0.624. The van der Waals surface area contributed by atoms with Crippen molar-refractivity contribution in [3.8, 4) is 16.9 Å². The van der Waals surface area contributed by atoms with E-state index in [0.29, 0.717) is 74.7 Å². The van der Waals surface area contributed by atoms with E-state index in [4.69, 9.17) is 18.9 Å². The number of hydrogen-bond acceptors (Lipinski definition) is 7. The van der Waals surface area contributed by atoms with Crippen molar-refractivity contribution >= 4 is 17.9 Å². The lowest BCUT2D eigenvalue weighted by Crippen LogP contribution is -2.54. The standard InChI is InChI=1S/C40H58FN3O7/c1-9-28-23-34(33-24-29(14-15-35(33)41)37(45)43(10-2)30-16-21-49-22-17-30)36(50-20-12-19-48-8)25-32(28)38(46)44(27(3)4)31-13-11-18-42(26-31)39(47)51-40(5,6)7/h14-15,23-25,27,30-31H,9-13,16-22,26H2,1-8H3/t31-/m1/s1. The molecule has 2 heterocycles. The predicted molar refractivity (Wildman–Crippen MR) is 196 cm³/mol. The van der Waals surface area contributed by atoms with Crippen LogP contribution in [0.25, 0.3) is 11.1 Å². The first kappa shape index (κ1) is 40.1. The number of methoxy groups -OCH3 is 1. The number of likely N-dealkylation sites (tertiary alicyclic amines) is 1. The van der Waals surface area contributed by atoms with Crippen molar-refractivity contribution in [3.05, 3.63) is 52.8 Å². The van der Waals surface area contributed by atoms with Crippen LogP contribution < -0.4 is 4.74 Å². The van der Waals surface area contributed by atoms with Crippen LogP contribution >= 0.6 is 0 Å². The van der Waals surface area contributed by atoms with Crippen LogP contribution in [0.4, 0.5) is 9.18 Å². The molecule has 3 amide bonds. The highest BCUT2D eigenvalue weighted by Crippen LogP contribution is 2.37. The molecule has 0 N–H and O–H groups in total. The SMILES string of the molecule is CCc1cc(-c2cc(C(=O)N(CC)C3CCOCC3)ccc2F)c(OCCCOC)cc1C(=O)N(C(C)C)[C@@H]1CCCN(C(=O)OC(C)(C)C)C1. The fourth-order valence-corrected chi connectivity index (χ4v) is 7.06. The topological polar surface area (TPSA) is 97.8 Å². The largest absolute Gasteiger partial charge is 0.493 e. The smallest absolute Gasteiger partial charge is 0.410 e. The van der Waals surface area contributed by atoms with E-state index in [1.54, 1.807) is 24.1 Å². The number of halogens is 1. The Morgan fingerprint density at radius 2 is 1.71 bits per heavy atom. The molecule has 0 aromatic heterocycles. The third-order valence-electron chi connectivity index (χ3n) is 9.54. The normalized spacial score (nSPS) is 17.0. The summed E-state index contributed by atoms with van der Waals surface area (Å²) in [5.74, 6) is -0.465. The number of amides is 3. The number of carbonyl (C=O) groups excluding carboxylic acids is 3. The molecule has 0 saturated carbocycles. The monoisotopic (exact) mass is 711 g/mol. The molecular formula is C40H58FN3O7. The van der Waals surface area contributed by atoms with Crippen LogP contribution in [0.5, 0.6) is 5.75 Å². The van der Waals surface area contributed by atoms with Gasteiger partial charge < -0.3 is 33.6 Å². The summed E-state index contributed by atoms with van der Waals surface area (Å²) >= 11 is 0. The fraction of sp³-hybridized carbons (Fsp3) is 0.625. The Kier molecular flexibility index (Phi) is 14.3. The Labute approximate surface area is 303 Å². The molecule has 11 heteroatoms. The summed E-state index contributed by atoms with van der Waals surface area (Å²) in [6.07, 6.45) is 3.72.